The molecule has 0 atom stereocenters. The van der Waals surface area contributed by atoms with E-state index in [9.17, 15) is 18.4 Å². The first-order chi connectivity index (χ1) is 16.1. The summed E-state index contributed by atoms with van der Waals surface area (Å²) in [7, 11) is 0. The summed E-state index contributed by atoms with van der Waals surface area (Å²) in [6.45, 7) is 5.58. The number of ketones is 1. The van der Waals surface area contributed by atoms with Gasteiger partial charge in [0.15, 0.2) is 17.4 Å². The molecule has 182 valence electrons. The molecule has 2 fully saturated rings. The Bertz CT molecular complexity index is 1070. The lowest BCUT2D eigenvalue weighted by atomic mass is 9.76. The normalized spacial score (nSPS) is 20.6. The van der Waals surface area contributed by atoms with Crippen LogP contribution in [0.3, 0.4) is 0 Å². The van der Waals surface area contributed by atoms with E-state index >= 15 is 0 Å². The molecule has 0 bridgehead atoms. The van der Waals surface area contributed by atoms with Crippen molar-refractivity contribution in [3.8, 4) is 0 Å². The van der Waals surface area contributed by atoms with Crippen LogP contribution < -0.4 is 5.32 Å². The molecule has 2 aromatic rings. The predicted molar refractivity (Wildman–Crippen MR) is 125 cm³/mol. The lowest BCUT2D eigenvalue weighted by Crippen LogP contribution is -2.32. The monoisotopic (exact) mass is 470 g/mol. The average molecular weight is 471 g/mol. The number of amides is 1. The van der Waals surface area contributed by atoms with Crippen molar-refractivity contribution in [2.75, 3.05) is 0 Å². The fourth-order valence-electron chi connectivity index (χ4n) is 4.66. The fraction of sp³-hybridized carbons (Fsp3) is 0.519. The number of hydrogen-bond acceptors (Lipinski definition) is 4. The Balaban J connectivity index is 1.43. The van der Waals surface area contributed by atoms with Crippen LogP contribution in [0.15, 0.2) is 30.3 Å². The van der Waals surface area contributed by atoms with Gasteiger partial charge < -0.3 is 10.1 Å². The number of nitrogens with one attached hydrogen (secondary N) is 1. The molecule has 1 aromatic heterocycles. The molecule has 2 saturated carbocycles. The maximum absolute atomic E-state index is 13.6. The number of ether oxygens (including phenoxy) is 1. The largest absolute Gasteiger partial charge is 0.444 e. The number of benzene rings is 1. The number of alkyl carbamates (subject to hydrolysis) is 1. The van der Waals surface area contributed by atoms with Crippen LogP contribution in [0.1, 0.15) is 98.4 Å². The quantitative estimate of drug-likeness (QED) is 0.495. The number of rotatable bonds is 6. The summed E-state index contributed by atoms with van der Waals surface area (Å²) in [4.78, 5) is 30.2. The van der Waals surface area contributed by atoms with E-state index in [1.54, 1.807) is 26.8 Å². The summed E-state index contributed by atoms with van der Waals surface area (Å²) in [6.07, 6.45) is 4.47. The third kappa shape index (κ3) is 5.99. The molecule has 34 heavy (non-hydrogen) atoms. The Hall–Kier alpha value is -2.83. The second-order valence-electron chi connectivity index (χ2n) is 10.5. The maximum atomic E-state index is 13.6. The number of pyridine rings is 1. The lowest BCUT2D eigenvalue weighted by molar-refractivity contribution is 0.0523. The fourth-order valence-corrected chi connectivity index (χ4v) is 4.66. The van der Waals surface area contributed by atoms with Gasteiger partial charge in [-0.1, -0.05) is 12.1 Å². The first-order valence-corrected chi connectivity index (χ1v) is 12.1. The summed E-state index contributed by atoms with van der Waals surface area (Å²) < 4.78 is 32.2. The van der Waals surface area contributed by atoms with Crippen LogP contribution in [0.4, 0.5) is 13.6 Å². The number of carbonyl (C=O) groups excluding carboxylic acids is 2. The van der Waals surface area contributed by atoms with Crippen LogP contribution in [0.2, 0.25) is 0 Å². The minimum absolute atomic E-state index is 0.0461. The molecule has 2 aliphatic carbocycles. The highest BCUT2D eigenvalue weighted by atomic mass is 19.2. The molecule has 0 radical (unpaired) electrons. The minimum atomic E-state index is -0.840. The Morgan fingerprint density at radius 2 is 1.65 bits per heavy atom. The Morgan fingerprint density at radius 3 is 2.26 bits per heavy atom. The molecule has 0 unspecified atom stereocenters. The first-order valence-electron chi connectivity index (χ1n) is 12.1. The Morgan fingerprint density at radius 1 is 0.971 bits per heavy atom. The smallest absolute Gasteiger partial charge is 0.407 e. The molecule has 0 aliphatic heterocycles. The average Bonchev–Trinajstić information content (AvgIpc) is 3.63. The molecule has 7 heteroatoms. The van der Waals surface area contributed by atoms with Gasteiger partial charge >= 0.3 is 6.09 Å². The van der Waals surface area contributed by atoms with Gasteiger partial charge in [0.05, 0.1) is 12.2 Å². The highest BCUT2D eigenvalue weighted by molar-refractivity contribution is 5.97. The van der Waals surface area contributed by atoms with E-state index in [0.717, 1.165) is 36.8 Å². The van der Waals surface area contributed by atoms with Gasteiger partial charge in [-0.25, -0.2) is 18.6 Å². The topological polar surface area (TPSA) is 68.3 Å². The van der Waals surface area contributed by atoms with E-state index in [1.807, 2.05) is 12.1 Å². The molecule has 1 amide bonds. The van der Waals surface area contributed by atoms with E-state index in [-0.39, 0.29) is 24.2 Å². The molecule has 2 aliphatic rings. The number of Topliss-reactive ketones (excluding diaryl/α,β-unsaturated/α-hetero) is 1. The second-order valence-corrected chi connectivity index (χ2v) is 10.5. The Labute approximate surface area is 199 Å². The molecule has 1 aromatic carbocycles. The van der Waals surface area contributed by atoms with Gasteiger partial charge in [-0.3, -0.25) is 4.79 Å². The zero-order valence-corrected chi connectivity index (χ0v) is 20.0. The second kappa shape index (κ2) is 9.80. The summed E-state index contributed by atoms with van der Waals surface area (Å²) >= 11 is 0. The maximum Gasteiger partial charge on any atom is 0.407 e. The van der Waals surface area contributed by atoms with Crippen molar-refractivity contribution in [2.45, 2.75) is 83.3 Å². The molecule has 1 heterocycles. The van der Waals surface area contributed by atoms with Crippen molar-refractivity contribution in [3.63, 3.8) is 0 Å². The molecule has 0 saturated heterocycles. The summed E-state index contributed by atoms with van der Waals surface area (Å²) in [5, 5.41) is 2.71. The van der Waals surface area contributed by atoms with E-state index in [0.29, 0.717) is 30.1 Å². The van der Waals surface area contributed by atoms with Gasteiger partial charge in [0.25, 0.3) is 0 Å². The van der Waals surface area contributed by atoms with Gasteiger partial charge in [0.2, 0.25) is 0 Å². The van der Waals surface area contributed by atoms with Crippen molar-refractivity contribution in [3.05, 3.63) is 64.5 Å². The van der Waals surface area contributed by atoms with Gasteiger partial charge in [0, 0.05) is 5.92 Å². The van der Waals surface area contributed by atoms with Gasteiger partial charge in [-0.15, -0.1) is 0 Å². The third-order valence-corrected chi connectivity index (χ3v) is 6.56. The lowest BCUT2D eigenvalue weighted by Gasteiger charge is -2.28. The number of hydrogen-bond donors (Lipinski definition) is 1. The first kappa shape index (κ1) is 24.3. The zero-order chi connectivity index (χ0) is 24.5. The van der Waals surface area contributed by atoms with Gasteiger partial charge in [-0.2, -0.15) is 0 Å². The molecule has 0 spiro atoms. The third-order valence-electron chi connectivity index (χ3n) is 6.56. The standard InChI is InChI=1S/C27H32F2N2O3/c1-27(2,3)34-26(33)30-15-20-11-12-21(17-6-7-17)24(31-20)25(32)18-8-4-16(5-9-18)19-10-13-22(28)23(29)14-19/h10-14,16-18H,4-9,15H2,1-3H3,(H,30,33). The van der Waals surface area contributed by atoms with Crippen molar-refractivity contribution >= 4 is 11.9 Å². The van der Waals surface area contributed by atoms with Crippen LogP contribution in [-0.4, -0.2) is 22.5 Å². The highest BCUT2D eigenvalue weighted by Gasteiger charge is 2.34. The molecule has 5 nitrogen and oxygen atoms in total. The number of nitrogens with zero attached hydrogens (tertiary/aromatic N) is 1. The van der Waals surface area contributed by atoms with E-state index in [4.69, 9.17) is 4.74 Å². The molecular formula is C27H32F2N2O3. The summed E-state index contributed by atoms with van der Waals surface area (Å²) in [5.74, 6) is -1.26. The summed E-state index contributed by atoms with van der Waals surface area (Å²) in [6, 6.07) is 7.92. The predicted octanol–water partition coefficient (Wildman–Crippen LogP) is 6.42. The SMILES string of the molecule is CC(C)(C)OC(=O)NCc1ccc(C2CC2)c(C(=O)C2CCC(c3ccc(F)c(F)c3)CC2)n1. The number of carbonyl (C=O) groups is 2. The van der Waals surface area contributed by atoms with Crippen LogP contribution in [0, 0.1) is 17.6 Å². The summed E-state index contributed by atoms with van der Waals surface area (Å²) in [5.41, 5.74) is 2.33. The number of aromatic nitrogens is 1. The van der Waals surface area contributed by atoms with Crippen molar-refractivity contribution < 1.29 is 23.1 Å². The molecule has 4 rings (SSSR count). The molecule has 1 N–H and O–H groups in total. The van der Waals surface area contributed by atoms with Crippen molar-refractivity contribution in [1.29, 1.82) is 0 Å². The van der Waals surface area contributed by atoms with Gasteiger partial charge in [0.1, 0.15) is 11.3 Å². The van der Waals surface area contributed by atoms with Crippen molar-refractivity contribution in [1.82, 2.24) is 10.3 Å². The van der Waals surface area contributed by atoms with E-state index in [1.165, 1.54) is 12.1 Å². The van der Waals surface area contributed by atoms with Crippen LogP contribution in [0.5, 0.6) is 0 Å². The van der Waals surface area contributed by atoms with E-state index in [2.05, 4.69) is 10.3 Å². The van der Waals surface area contributed by atoms with Crippen molar-refractivity contribution in [2.24, 2.45) is 5.92 Å². The van der Waals surface area contributed by atoms with Crippen LogP contribution in [0.25, 0.3) is 0 Å². The van der Waals surface area contributed by atoms with E-state index < -0.39 is 23.3 Å². The minimum Gasteiger partial charge on any atom is -0.444 e. The number of halogens is 2. The molecular weight excluding hydrogens is 438 g/mol. The van der Waals surface area contributed by atoms with Crippen LogP contribution in [-0.2, 0) is 11.3 Å². The zero-order valence-electron chi connectivity index (χ0n) is 20.0. The Kier molecular flexibility index (Phi) is 7.01. The van der Waals surface area contributed by atoms with Crippen LogP contribution >= 0.6 is 0 Å². The van der Waals surface area contributed by atoms with Gasteiger partial charge in [-0.05, 0) is 100 Å². The highest BCUT2D eigenvalue weighted by Crippen LogP contribution is 2.43.